The lowest BCUT2D eigenvalue weighted by Gasteiger charge is -2.27. The number of ether oxygens (including phenoxy) is 2. The molecule has 0 radical (unpaired) electrons. The van der Waals surface area contributed by atoms with E-state index >= 15 is 0 Å². The van der Waals surface area contributed by atoms with E-state index in [9.17, 15) is 9.90 Å². The Morgan fingerprint density at radius 2 is 1.82 bits per heavy atom. The summed E-state index contributed by atoms with van der Waals surface area (Å²) >= 11 is 0. The van der Waals surface area contributed by atoms with Gasteiger partial charge >= 0.3 is 0 Å². The van der Waals surface area contributed by atoms with Crippen LogP contribution in [0.15, 0.2) is 60.7 Å². The standard InChI is InChI=1S/C33H37N3O4/c1-20(2)14-16-40-26-8-6-7-24(19-26)32-29-30(28-22(4)17-21(3)18-27(28)37)34-35-31(29)33(38)36(32)15-13-23-9-11-25(39-5)12-10-23/h6-12,17-20,32,37H,13-16H2,1-5H3,(H,34,35). The number of methoxy groups -OCH3 is 1. The highest BCUT2D eigenvalue weighted by Gasteiger charge is 2.42. The van der Waals surface area contributed by atoms with E-state index in [0.717, 1.165) is 45.7 Å². The van der Waals surface area contributed by atoms with E-state index in [2.05, 4.69) is 24.0 Å². The second kappa shape index (κ2) is 11.5. The molecule has 208 valence electrons. The van der Waals surface area contributed by atoms with Gasteiger partial charge in [-0.3, -0.25) is 9.89 Å². The van der Waals surface area contributed by atoms with Gasteiger partial charge in [-0.1, -0.05) is 44.2 Å². The molecule has 0 bridgehead atoms. The Hall–Kier alpha value is -4.26. The van der Waals surface area contributed by atoms with Gasteiger partial charge in [0, 0.05) is 17.7 Å². The zero-order valence-electron chi connectivity index (χ0n) is 23.8. The predicted molar refractivity (Wildman–Crippen MR) is 156 cm³/mol. The van der Waals surface area contributed by atoms with Crippen LogP contribution in [0.1, 0.15) is 64.6 Å². The van der Waals surface area contributed by atoms with Gasteiger partial charge < -0.3 is 19.5 Å². The number of rotatable bonds is 10. The quantitative estimate of drug-likeness (QED) is 0.236. The van der Waals surface area contributed by atoms with Crippen LogP contribution in [0.3, 0.4) is 0 Å². The number of phenols is 1. The average molecular weight is 540 g/mol. The molecular weight excluding hydrogens is 502 g/mol. The van der Waals surface area contributed by atoms with Crippen LogP contribution in [0.4, 0.5) is 0 Å². The van der Waals surface area contributed by atoms with Gasteiger partial charge in [-0.15, -0.1) is 0 Å². The number of hydrogen-bond acceptors (Lipinski definition) is 5. The molecule has 0 fully saturated rings. The molecular formula is C33H37N3O4. The van der Waals surface area contributed by atoms with Gasteiger partial charge in [0.25, 0.3) is 5.91 Å². The third-order valence-electron chi connectivity index (χ3n) is 7.50. The number of hydrogen-bond donors (Lipinski definition) is 2. The summed E-state index contributed by atoms with van der Waals surface area (Å²) in [6.07, 6.45) is 1.64. The molecule has 7 heteroatoms. The summed E-state index contributed by atoms with van der Waals surface area (Å²) in [5, 5.41) is 18.5. The highest BCUT2D eigenvalue weighted by atomic mass is 16.5. The van der Waals surface area contributed by atoms with E-state index in [1.807, 2.05) is 73.3 Å². The van der Waals surface area contributed by atoms with Crippen LogP contribution in [0.2, 0.25) is 0 Å². The summed E-state index contributed by atoms with van der Waals surface area (Å²) in [4.78, 5) is 15.7. The number of nitrogens with zero attached hydrogens (tertiary/aromatic N) is 2. The average Bonchev–Trinajstić information content (AvgIpc) is 3.45. The Bertz CT molecular complexity index is 1480. The maximum atomic E-state index is 13.8. The molecule has 1 unspecified atom stereocenters. The summed E-state index contributed by atoms with van der Waals surface area (Å²) in [5.41, 5.74) is 6.39. The van der Waals surface area contributed by atoms with Crippen LogP contribution in [-0.2, 0) is 6.42 Å². The number of carbonyl (C=O) groups is 1. The molecule has 40 heavy (non-hydrogen) atoms. The highest BCUT2D eigenvalue weighted by Crippen LogP contribution is 2.46. The van der Waals surface area contributed by atoms with Gasteiger partial charge in [0.2, 0.25) is 0 Å². The molecule has 0 aliphatic carbocycles. The Morgan fingerprint density at radius 3 is 2.52 bits per heavy atom. The lowest BCUT2D eigenvalue weighted by Crippen LogP contribution is -2.31. The number of H-pyrrole nitrogens is 1. The maximum absolute atomic E-state index is 13.8. The molecule has 7 nitrogen and oxygen atoms in total. The first kappa shape index (κ1) is 27.3. The van der Waals surface area contributed by atoms with Gasteiger partial charge in [0.1, 0.15) is 28.6 Å². The highest BCUT2D eigenvalue weighted by molar-refractivity contribution is 6.00. The topological polar surface area (TPSA) is 87.7 Å². The Kier molecular flexibility index (Phi) is 7.83. The van der Waals surface area contributed by atoms with Crippen molar-refractivity contribution in [1.29, 1.82) is 0 Å². The summed E-state index contributed by atoms with van der Waals surface area (Å²) in [6.45, 7) is 9.40. The molecule has 3 aromatic carbocycles. The third-order valence-corrected chi connectivity index (χ3v) is 7.50. The van der Waals surface area contributed by atoms with E-state index < -0.39 is 0 Å². The summed E-state index contributed by atoms with van der Waals surface area (Å²) in [7, 11) is 1.65. The SMILES string of the molecule is COc1ccc(CCN2C(=O)c3[nH]nc(-c4c(C)cc(C)cc4O)c3C2c2cccc(OCCC(C)C)c2)cc1. The van der Waals surface area contributed by atoms with E-state index in [4.69, 9.17) is 9.47 Å². The van der Waals surface area contributed by atoms with Crippen molar-refractivity contribution >= 4 is 5.91 Å². The van der Waals surface area contributed by atoms with Crippen LogP contribution in [0.5, 0.6) is 17.2 Å². The molecule has 1 atom stereocenters. The Balaban J connectivity index is 1.55. The Labute approximate surface area is 235 Å². The first-order chi connectivity index (χ1) is 19.3. The number of aromatic nitrogens is 2. The fourth-order valence-corrected chi connectivity index (χ4v) is 5.45. The molecule has 0 saturated heterocycles. The molecule has 1 aliphatic rings. The van der Waals surface area contributed by atoms with E-state index in [1.54, 1.807) is 13.2 Å². The number of amides is 1. The number of aryl methyl sites for hydroxylation is 2. The maximum Gasteiger partial charge on any atom is 0.273 e. The van der Waals surface area contributed by atoms with Crippen molar-refractivity contribution in [3.63, 3.8) is 0 Å². The van der Waals surface area contributed by atoms with E-state index in [-0.39, 0.29) is 17.7 Å². The van der Waals surface area contributed by atoms with Crippen molar-refractivity contribution < 1.29 is 19.4 Å². The Morgan fingerprint density at radius 1 is 1.05 bits per heavy atom. The number of aromatic hydroxyl groups is 1. The van der Waals surface area contributed by atoms with Gasteiger partial charge in [0.05, 0.1) is 19.8 Å². The van der Waals surface area contributed by atoms with Crippen LogP contribution in [0, 0.1) is 19.8 Å². The molecule has 2 N–H and O–H groups in total. The van der Waals surface area contributed by atoms with Crippen LogP contribution in [0.25, 0.3) is 11.3 Å². The van der Waals surface area contributed by atoms with Crippen LogP contribution >= 0.6 is 0 Å². The second-order valence-electron chi connectivity index (χ2n) is 10.9. The minimum atomic E-state index is -0.386. The molecule has 2 heterocycles. The van der Waals surface area contributed by atoms with Crippen molar-refractivity contribution in [2.75, 3.05) is 20.3 Å². The zero-order valence-corrected chi connectivity index (χ0v) is 23.8. The first-order valence-corrected chi connectivity index (χ1v) is 13.8. The normalized spacial score (nSPS) is 14.6. The molecule has 1 aliphatic heterocycles. The summed E-state index contributed by atoms with van der Waals surface area (Å²) in [6, 6.07) is 19.3. The molecule has 4 aromatic rings. The van der Waals surface area contributed by atoms with Gasteiger partial charge in [-0.05, 0) is 85.2 Å². The fraction of sp³-hybridized carbons (Fsp3) is 0.333. The largest absolute Gasteiger partial charge is 0.507 e. The van der Waals surface area contributed by atoms with Gasteiger partial charge in [-0.2, -0.15) is 5.10 Å². The molecule has 0 spiro atoms. The zero-order chi connectivity index (χ0) is 28.4. The molecule has 1 aromatic heterocycles. The number of phenolic OH excluding ortho intramolecular Hbond substituents is 1. The fourth-order valence-electron chi connectivity index (χ4n) is 5.45. The van der Waals surface area contributed by atoms with Crippen molar-refractivity contribution in [1.82, 2.24) is 15.1 Å². The predicted octanol–water partition coefficient (Wildman–Crippen LogP) is 6.62. The monoisotopic (exact) mass is 539 g/mol. The molecule has 1 amide bonds. The van der Waals surface area contributed by atoms with Crippen LogP contribution in [-0.4, -0.2) is 46.4 Å². The lowest BCUT2D eigenvalue weighted by molar-refractivity contribution is 0.0745. The number of nitrogens with one attached hydrogen (secondary N) is 1. The number of fused-ring (bicyclic) bond motifs is 1. The van der Waals surface area contributed by atoms with Gasteiger partial charge in [0.15, 0.2) is 0 Å². The van der Waals surface area contributed by atoms with E-state index in [1.165, 1.54) is 0 Å². The molecule has 0 saturated carbocycles. The summed E-state index contributed by atoms with van der Waals surface area (Å²) < 4.78 is 11.4. The van der Waals surface area contributed by atoms with Crippen molar-refractivity contribution in [3.05, 3.63) is 94.2 Å². The number of aromatic amines is 1. The number of carbonyl (C=O) groups excluding carboxylic acids is 1. The lowest BCUT2D eigenvalue weighted by atomic mass is 9.93. The van der Waals surface area contributed by atoms with Crippen LogP contribution < -0.4 is 9.47 Å². The molecule has 5 rings (SSSR count). The van der Waals surface area contributed by atoms with Crippen molar-refractivity contribution in [2.45, 2.75) is 46.6 Å². The smallest absolute Gasteiger partial charge is 0.273 e. The minimum absolute atomic E-state index is 0.109. The first-order valence-electron chi connectivity index (χ1n) is 13.8. The van der Waals surface area contributed by atoms with Crippen molar-refractivity contribution in [3.8, 4) is 28.5 Å². The number of benzene rings is 3. The second-order valence-corrected chi connectivity index (χ2v) is 10.9. The van der Waals surface area contributed by atoms with Crippen molar-refractivity contribution in [2.24, 2.45) is 5.92 Å². The minimum Gasteiger partial charge on any atom is -0.507 e. The third kappa shape index (κ3) is 5.41. The summed E-state index contributed by atoms with van der Waals surface area (Å²) in [5.74, 6) is 2.16. The van der Waals surface area contributed by atoms with E-state index in [0.29, 0.717) is 42.4 Å². The van der Waals surface area contributed by atoms with Gasteiger partial charge in [-0.25, -0.2) is 0 Å².